The molecule has 0 radical (unpaired) electrons. The molecule has 50 heavy (non-hydrogen) atoms. The second-order valence-corrected chi connectivity index (χ2v) is 12.5. The van der Waals surface area contributed by atoms with Gasteiger partial charge in [0.1, 0.15) is 25.6 Å². The molecule has 1 atom stereocenters. The van der Waals surface area contributed by atoms with Gasteiger partial charge in [0.15, 0.2) is 5.56 Å². The van der Waals surface area contributed by atoms with Gasteiger partial charge in [-0.25, -0.2) is 9.78 Å². The molecule has 4 aromatic carbocycles. The number of hydrogen-bond donors (Lipinski definition) is 0. The third-order valence-corrected chi connectivity index (χ3v) is 9.04. The number of hydrogen-bond acceptors (Lipinski definition) is 6. The Balaban J connectivity index is 0.00000212. The third kappa shape index (κ3) is 7.58. The number of esters is 1. The summed E-state index contributed by atoms with van der Waals surface area (Å²) in [7, 11) is 4.28. The first-order chi connectivity index (χ1) is 24.4. The zero-order chi connectivity index (χ0) is 35.0. The smallest absolute Gasteiger partial charge is 0.347 e. The normalized spacial score (nSPS) is 13.4. The van der Waals surface area contributed by atoms with Crippen molar-refractivity contribution in [3.63, 3.8) is 0 Å². The van der Waals surface area contributed by atoms with Gasteiger partial charge >= 0.3 is 5.97 Å². The predicted molar refractivity (Wildman–Crippen MR) is 200 cm³/mol. The van der Waals surface area contributed by atoms with E-state index in [-0.39, 0.29) is 31.3 Å². The molecule has 1 aliphatic rings. The van der Waals surface area contributed by atoms with Gasteiger partial charge in [-0.05, 0) is 55.9 Å². The van der Waals surface area contributed by atoms with E-state index in [1.165, 1.54) is 11.2 Å². The lowest BCUT2D eigenvalue weighted by molar-refractivity contribution is 0.0460. The minimum Gasteiger partial charge on any atom is -0.487 e. The molecule has 0 spiro atoms. The van der Waals surface area contributed by atoms with E-state index in [4.69, 9.17) is 19.2 Å². The van der Waals surface area contributed by atoms with Crippen molar-refractivity contribution in [3.8, 4) is 22.9 Å². The number of pyridine rings is 1. The topological polar surface area (TPSA) is 65.8 Å². The lowest BCUT2D eigenvalue weighted by Crippen LogP contribution is -2.28. The van der Waals surface area contributed by atoms with Crippen LogP contribution in [0.1, 0.15) is 52.2 Å². The van der Waals surface area contributed by atoms with Crippen LogP contribution in [0.2, 0.25) is 0 Å². The summed E-state index contributed by atoms with van der Waals surface area (Å²) in [6, 6.07) is 38.6. The molecule has 2 aromatic heterocycles. The number of aromatic nitrogens is 2. The SMILES string of the molecule is CC.Cc1c(-c2ccc3c(c2)cc2n3CC(N(C)C)C2)nc(OCc2ccccc2)c(C(=O)OCc2ccccc2)c1OCc1ccccc1. The van der Waals surface area contributed by atoms with Crippen molar-refractivity contribution >= 4 is 16.9 Å². The van der Waals surface area contributed by atoms with Crippen molar-refractivity contribution in [1.29, 1.82) is 0 Å². The van der Waals surface area contributed by atoms with Crippen LogP contribution < -0.4 is 9.47 Å². The van der Waals surface area contributed by atoms with Crippen LogP contribution in [0.25, 0.3) is 22.2 Å². The Kier molecular flexibility index (Phi) is 10.9. The van der Waals surface area contributed by atoms with E-state index >= 15 is 0 Å². The molecule has 0 N–H and O–H groups in total. The predicted octanol–water partition coefficient (Wildman–Crippen LogP) is 9.04. The molecular weight excluding hydrogens is 622 g/mol. The fourth-order valence-corrected chi connectivity index (χ4v) is 6.35. The molecule has 0 saturated carbocycles. The van der Waals surface area contributed by atoms with E-state index in [0.29, 0.717) is 17.5 Å². The van der Waals surface area contributed by atoms with Crippen LogP contribution in [0, 0.1) is 6.92 Å². The van der Waals surface area contributed by atoms with E-state index < -0.39 is 5.97 Å². The molecule has 1 aliphatic heterocycles. The maximum atomic E-state index is 14.0. The van der Waals surface area contributed by atoms with E-state index in [1.807, 2.05) is 112 Å². The highest BCUT2D eigenvalue weighted by Gasteiger charge is 2.29. The van der Waals surface area contributed by atoms with Crippen molar-refractivity contribution in [2.75, 3.05) is 14.1 Å². The van der Waals surface area contributed by atoms with Crippen LogP contribution in [-0.2, 0) is 37.5 Å². The summed E-state index contributed by atoms with van der Waals surface area (Å²) in [5.41, 5.74) is 7.89. The number of nitrogens with zero attached hydrogens (tertiary/aromatic N) is 3. The minimum atomic E-state index is -0.554. The van der Waals surface area contributed by atoms with Gasteiger partial charge < -0.3 is 23.7 Å². The highest BCUT2D eigenvalue weighted by atomic mass is 16.5. The Bertz CT molecular complexity index is 2040. The number of ether oxygens (including phenoxy) is 3. The van der Waals surface area contributed by atoms with Gasteiger partial charge in [-0.2, -0.15) is 0 Å². The van der Waals surface area contributed by atoms with Gasteiger partial charge in [-0.15, -0.1) is 0 Å². The quantitative estimate of drug-likeness (QED) is 0.129. The van der Waals surface area contributed by atoms with Crippen LogP contribution in [0.5, 0.6) is 11.6 Å². The molecule has 0 aliphatic carbocycles. The standard InChI is InChI=1S/C41H39N3O4.C2H6/c1-28-38(32-19-20-36-33(21-32)22-34-23-35(43(2)3)24-44(34)36)42-40(47-26-30-15-9-5-10-16-30)37(39(28)46-25-29-13-7-4-8-14-29)41(45)48-27-31-17-11-6-12-18-31;1-2/h4-22,35H,23-27H2,1-3H3;1-2H3. The maximum absolute atomic E-state index is 14.0. The van der Waals surface area contributed by atoms with Crippen molar-refractivity contribution in [3.05, 3.63) is 149 Å². The number of benzene rings is 4. The zero-order valence-electron chi connectivity index (χ0n) is 29.6. The summed E-state index contributed by atoms with van der Waals surface area (Å²) in [4.78, 5) is 21.3. The summed E-state index contributed by atoms with van der Waals surface area (Å²) >= 11 is 0. The van der Waals surface area contributed by atoms with E-state index in [9.17, 15) is 4.79 Å². The van der Waals surface area contributed by atoms with Gasteiger partial charge in [0.25, 0.3) is 0 Å². The number of fused-ring (bicyclic) bond motifs is 3. The Hall–Kier alpha value is -5.40. The fourth-order valence-electron chi connectivity index (χ4n) is 6.35. The Morgan fingerprint density at radius 2 is 1.36 bits per heavy atom. The lowest BCUT2D eigenvalue weighted by atomic mass is 10.0. The molecule has 0 saturated heterocycles. The van der Waals surface area contributed by atoms with Crippen molar-refractivity contribution in [1.82, 2.24) is 14.5 Å². The Morgan fingerprint density at radius 1 is 0.780 bits per heavy atom. The van der Waals surface area contributed by atoms with Crippen LogP contribution in [-0.4, -0.2) is 40.6 Å². The Morgan fingerprint density at radius 3 is 1.96 bits per heavy atom. The third-order valence-electron chi connectivity index (χ3n) is 9.04. The average molecular weight is 668 g/mol. The van der Waals surface area contributed by atoms with Gasteiger partial charge in [0.2, 0.25) is 5.88 Å². The van der Waals surface area contributed by atoms with Gasteiger partial charge in [0.05, 0.1) is 5.69 Å². The first-order valence-corrected chi connectivity index (χ1v) is 17.3. The van der Waals surface area contributed by atoms with E-state index in [0.717, 1.165) is 46.2 Å². The number of likely N-dealkylation sites (N-methyl/N-ethyl adjacent to an activating group) is 1. The van der Waals surface area contributed by atoms with Crippen molar-refractivity contribution in [2.45, 2.75) is 59.6 Å². The van der Waals surface area contributed by atoms with Crippen LogP contribution in [0.4, 0.5) is 0 Å². The minimum absolute atomic E-state index is 0.112. The first-order valence-electron chi connectivity index (χ1n) is 17.3. The molecule has 7 rings (SSSR count). The zero-order valence-corrected chi connectivity index (χ0v) is 29.6. The summed E-state index contributed by atoms with van der Waals surface area (Å²) in [6.45, 7) is 7.52. The van der Waals surface area contributed by atoms with Gasteiger partial charge in [-0.1, -0.05) is 111 Å². The largest absolute Gasteiger partial charge is 0.487 e. The molecule has 1 unspecified atom stereocenters. The molecule has 3 heterocycles. The fraction of sp³-hybridized carbons (Fsp3) is 0.256. The highest BCUT2D eigenvalue weighted by molar-refractivity contribution is 5.97. The summed E-state index contributed by atoms with van der Waals surface area (Å²) < 4.78 is 21.2. The highest BCUT2D eigenvalue weighted by Crippen LogP contribution is 2.40. The van der Waals surface area contributed by atoms with Crippen molar-refractivity contribution in [2.24, 2.45) is 0 Å². The van der Waals surface area contributed by atoms with E-state index in [2.05, 4.69) is 47.8 Å². The molecular formula is C43H45N3O4. The molecule has 256 valence electrons. The van der Waals surface area contributed by atoms with Crippen LogP contribution >= 0.6 is 0 Å². The molecule has 0 fully saturated rings. The summed E-state index contributed by atoms with van der Waals surface area (Å²) in [6.07, 6.45) is 1.02. The maximum Gasteiger partial charge on any atom is 0.347 e. The molecule has 0 amide bonds. The molecule has 7 heteroatoms. The Labute approximate surface area is 295 Å². The number of rotatable bonds is 11. The second-order valence-electron chi connectivity index (χ2n) is 12.5. The summed E-state index contributed by atoms with van der Waals surface area (Å²) in [5, 5.41) is 1.16. The van der Waals surface area contributed by atoms with Gasteiger partial charge in [-0.3, -0.25) is 0 Å². The van der Waals surface area contributed by atoms with Crippen molar-refractivity contribution < 1.29 is 19.0 Å². The number of carbonyl (C=O) groups is 1. The van der Waals surface area contributed by atoms with Crippen LogP contribution in [0.15, 0.2) is 115 Å². The molecule has 6 aromatic rings. The van der Waals surface area contributed by atoms with Gasteiger partial charge in [0, 0.05) is 46.7 Å². The first kappa shape index (κ1) is 34.5. The van der Waals surface area contributed by atoms with Crippen LogP contribution in [0.3, 0.4) is 0 Å². The monoisotopic (exact) mass is 667 g/mol. The lowest BCUT2D eigenvalue weighted by Gasteiger charge is -2.20. The molecule has 7 nitrogen and oxygen atoms in total. The second kappa shape index (κ2) is 15.9. The summed E-state index contributed by atoms with van der Waals surface area (Å²) in [5.74, 6) is 0.0223. The van der Waals surface area contributed by atoms with E-state index in [1.54, 1.807) is 0 Å². The molecule has 0 bridgehead atoms. The average Bonchev–Trinajstić information content (AvgIpc) is 3.73. The number of carbonyl (C=O) groups excluding carboxylic acids is 1.